The second-order valence-corrected chi connectivity index (χ2v) is 5.67. The van der Waals surface area contributed by atoms with Gasteiger partial charge in [-0.25, -0.2) is 0 Å². The van der Waals surface area contributed by atoms with E-state index in [4.69, 9.17) is 0 Å². The van der Waals surface area contributed by atoms with Crippen molar-refractivity contribution in [2.24, 2.45) is 5.92 Å². The molecule has 2 aliphatic rings. The fourth-order valence-corrected chi connectivity index (χ4v) is 2.73. The molecule has 2 amide bonds. The SMILES string of the molecule is O=C(NCCN1CCNCC1)C1CC(=O)N(CC(F)(F)F)C1. The van der Waals surface area contributed by atoms with E-state index in [1.165, 1.54) is 0 Å². The van der Waals surface area contributed by atoms with Gasteiger partial charge in [0.15, 0.2) is 0 Å². The zero-order chi connectivity index (χ0) is 16.2. The molecular weight excluding hydrogens is 301 g/mol. The Morgan fingerprint density at radius 3 is 2.64 bits per heavy atom. The van der Waals surface area contributed by atoms with Crippen LogP contribution in [0.1, 0.15) is 6.42 Å². The van der Waals surface area contributed by atoms with Crippen LogP contribution in [-0.4, -0.2) is 80.1 Å². The largest absolute Gasteiger partial charge is 0.406 e. The molecule has 0 spiro atoms. The summed E-state index contributed by atoms with van der Waals surface area (Å²) < 4.78 is 36.9. The number of piperazine rings is 1. The van der Waals surface area contributed by atoms with Crippen LogP contribution >= 0.6 is 0 Å². The standard InChI is InChI=1S/C13H21F3N4O2/c14-13(15,16)9-20-8-10(7-11(20)21)12(22)18-3-6-19-4-1-17-2-5-19/h10,17H,1-9H2,(H,18,22). The summed E-state index contributed by atoms with van der Waals surface area (Å²) in [6.45, 7) is 3.38. The first-order valence-electron chi connectivity index (χ1n) is 7.40. The van der Waals surface area contributed by atoms with Crippen molar-refractivity contribution in [1.82, 2.24) is 20.4 Å². The lowest BCUT2D eigenvalue weighted by Crippen LogP contribution is -2.46. The summed E-state index contributed by atoms with van der Waals surface area (Å²) >= 11 is 0. The highest BCUT2D eigenvalue weighted by molar-refractivity contribution is 5.89. The van der Waals surface area contributed by atoms with E-state index in [0.29, 0.717) is 18.0 Å². The molecule has 2 saturated heterocycles. The predicted octanol–water partition coefficient (Wildman–Crippen LogP) is -0.581. The molecule has 0 aromatic heterocycles. The highest BCUT2D eigenvalue weighted by Crippen LogP contribution is 2.23. The lowest BCUT2D eigenvalue weighted by atomic mass is 10.1. The van der Waals surface area contributed by atoms with Crippen LogP contribution in [0.3, 0.4) is 0 Å². The van der Waals surface area contributed by atoms with Crippen molar-refractivity contribution in [1.29, 1.82) is 0 Å². The van der Waals surface area contributed by atoms with Crippen molar-refractivity contribution in [2.75, 3.05) is 52.4 Å². The van der Waals surface area contributed by atoms with Crippen LogP contribution < -0.4 is 10.6 Å². The number of rotatable bonds is 5. The number of halogens is 3. The molecule has 2 aliphatic heterocycles. The van der Waals surface area contributed by atoms with Crippen LogP contribution in [0.2, 0.25) is 0 Å². The second-order valence-electron chi connectivity index (χ2n) is 5.67. The summed E-state index contributed by atoms with van der Waals surface area (Å²) in [5.74, 6) is -1.63. The van der Waals surface area contributed by atoms with Crippen molar-refractivity contribution in [3.05, 3.63) is 0 Å². The van der Waals surface area contributed by atoms with Crippen molar-refractivity contribution in [3.63, 3.8) is 0 Å². The monoisotopic (exact) mass is 322 g/mol. The maximum atomic E-state index is 12.3. The van der Waals surface area contributed by atoms with E-state index in [-0.39, 0.29) is 18.9 Å². The Morgan fingerprint density at radius 2 is 2.00 bits per heavy atom. The Hall–Kier alpha value is -1.35. The molecule has 0 aromatic carbocycles. The molecular formula is C13H21F3N4O2. The average Bonchev–Trinajstić information content (AvgIpc) is 2.79. The van der Waals surface area contributed by atoms with Gasteiger partial charge in [0.1, 0.15) is 6.54 Å². The normalized spacial score (nSPS) is 23.9. The summed E-state index contributed by atoms with van der Waals surface area (Å²) in [7, 11) is 0. The summed E-state index contributed by atoms with van der Waals surface area (Å²) in [6.07, 6.45) is -4.57. The molecule has 0 bridgehead atoms. The number of hydrogen-bond donors (Lipinski definition) is 2. The van der Waals surface area contributed by atoms with Gasteiger partial charge >= 0.3 is 6.18 Å². The van der Waals surface area contributed by atoms with Crippen molar-refractivity contribution in [2.45, 2.75) is 12.6 Å². The summed E-state index contributed by atoms with van der Waals surface area (Å²) in [4.78, 5) is 26.4. The van der Waals surface area contributed by atoms with Crippen molar-refractivity contribution in [3.8, 4) is 0 Å². The van der Waals surface area contributed by atoms with Gasteiger partial charge in [0, 0.05) is 52.2 Å². The van der Waals surface area contributed by atoms with Gasteiger partial charge in [0.2, 0.25) is 11.8 Å². The highest BCUT2D eigenvalue weighted by Gasteiger charge is 2.40. The third-order valence-electron chi connectivity index (χ3n) is 3.89. The van der Waals surface area contributed by atoms with Crippen LogP contribution in [0.4, 0.5) is 13.2 Å². The van der Waals surface area contributed by atoms with Crippen LogP contribution in [-0.2, 0) is 9.59 Å². The zero-order valence-corrected chi connectivity index (χ0v) is 12.3. The Balaban J connectivity index is 1.70. The number of amides is 2. The number of hydrogen-bond acceptors (Lipinski definition) is 4. The summed E-state index contributed by atoms with van der Waals surface area (Å²) in [5, 5.41) is 5.94. The number of nitrogens with zero attached hydrogens (tertiary/aromatic N) is 2. The fraction of sp³-hybridized carbons (Fsp3) is 0.846. The molecule has 6 nitrogen and oxygen atoms in total. The molecule has 2 heterocycles. The van der Waals surface area contributed by atoms with Gasteiger partial charge < -0.3 is 15.5 Å². The fourth-order valence-electron chi connectivity index (χ4n) is 2.73. The number of nitrogens with one attached hydrogen (secondary N) is 2. The minimum absolute atomic E-state index is 0.143. The third-order valence-corrected chi connectivity index (χ3v) is 3.89. The molecule has 1 atom stereocenters. The van der Waals surface area contributed by atoms with Gasteiger partial charge in [-0.05, 0) is 0 Å². The van der Waals surface area contributed by atoms with E-state index in [1.807, 2.05) is 0 Å². The predicted molar refractivity (Wildman–Crippen MR) is 73.1 cm³/mol. The van der Waals surface area contributed by atoms with Crippen LogP contribution in [0.5, 0.6) is 0 Å². The molecule has 0 aliphatic carbocycles. The topological polar surface area (TPSA) is 64.7 Å². The minimum atomic E-state index is -4.43. The van der Waals surface area contributed by atoms with Gasteiger partial charge in [-0.2, -0.15) is 13.2 Å². The molecule has 2 rings (SSSR count). The number of carbonyl (C=O) groups is 2. The van der Waals surface area contributed by atoms with Crippen molar-refractivity contribution >= 4 is 11.8 Å². The maximum absolute atomic E-state index is 12.3. The van der Waals surface area contributed by atoms with Crippen LogP contribution in [0.25, 0.3) is 0 Å². The molecule has 2 fully saturated rings. The Kier molecular flexibility index (Phi) is 5.63. The van der Waals surface area contributed by atoms with Gasteiger partial charge in [0.25, 0.3) is 0 Å². The van der Waals surface area contributed by atoms with Crippen molar-refractivity contribution < 1.29 is 22.8 Å². The maximum Gasteiger partial charge on any atom is 0.406 e. The van der Waals surface area contributed by atoms with Gasteiger partial charge in [0.05, 0.1) is 5.92 Å². The third kappa shape index (κ3) is 5.13. The Bertz CT molecular complexity index is 411. The summed E-state index contributed by atoms with van der Waals surface area (Å²) in [5.41, 5.74) is 0. The molecule has 0 radical (unpaired) electrons. The van der Waals surface area contributed by atoms with Gasteiger partial charge in [-0.15, -0.1) is 0 Å². The van der Waals surface area contributed by atoms with Gasteiger partial charge in [-0.3, -0.25) is 14.5 Å². The number of carbonyl (C=O) groups excluding carboxylic acids is 2. The molecule has 2 N–H and O–H groups in total. The molecule has 0 saturated carbocycles. The average molecular weight is 322 g/mol. The minimum Gasteiger partial charge on any atom is -0.355 e. The van der Waals surface area contributed by atoms with Crippen LogP contribution in [0, 0.1) is 5.92 Å². The number of likely N-dealkylation sites (tertiary alicyclic amines) is 1. The first-order chi connectivity index (χ1) is 10.3. The van der Waals surface area contributed by atoms with E-state index in [0.717, 1.165) is 26.2 Å². The second kappa shape index (κ2) is 7.28. The van der Waals surface area contributed by atoms with E-state index in [9.17, 15) is 22.8 Å². The first kappa shape index (κ1) is 17.0. The molecule has 0 aromatic rings. The van der Waals surface area contributed by atoms with E-state index >= 15 is 0 Å². The van der Waals surface area contributed by atoms with E-state index in [1.54, 1.807) is 0 Å². The van der Waals surface area contributed by atoms with Gasteiger partial charge in [-0.1, -0.05) is 0 Å². The highest BCUT2D eigenvalue weighted by atomic mass is 19.4. The van der Waals surface area contributed by atoms with E-state index in [2.05, 4.69) is 15.5 Å². The lowest BCUT2D eigenvalue weighted by molar-refractivity contribution is -0.157. The van der Waals surface area contributed by atoms with Crippen LogP contribution in [0.15, 0.2) is 0 Å². The molecule has 1 unspecified atom stereocenters. The molecule has 9 heteroatoms. The molecule has 126 valence electrons. The lowest BCUT2D eigenvalue weighted by Gasteiger charge is -2.27. The van der Waals surface area contributed by atoms with E-state index < -0.39 is 24.5 Å². The number of alkyl halides is 3. The molecule has 22 heavy (non-hydrogen) atoms. The Morgan fingerprint density at radius 1 is 1.32 bits per heavy atom. The smallest absolute Gasteiger partial charge is 0.355 e. The Labute approximate surface area is 127 Å². The summed E-state index contributed by atoms with van der Waals surface area (Å²) in [6, 6.07) is 0. The zero-order valence-electron chi connectivity index (χ0n) is 12.3. The quantitative estimate of drug-likeness (QED) is 0.711. The first-order valence-corrected chi connectivity index (χ1v) is 7.40.